The molecular formula is C15H18ClN3O3. The van der Waals surface area contributed by atoms with Gasteiger partial charge in [-0.3, -0.25) is 14.5 Å². The van der Waals surface area contributed by atoms with Crippen LogP contribution >= 0.6 is 11.6 Å². The summed E-state index contributed by atoms with van der Waals surface area (Å²) in [4.78, 5) is 36.8. The van der Waals surface area contributed by atoms with E-state index in [1.54, 1.807) is 19.9 Å². The molecule has 22 heavy (non-hydrogen) atoms. The predicted molar refractivity (Wildman–Crippen MR) is 83.9 cm³/mol. The van der Waals surface area contributed by atoms with Gasteiger partial charge in [0.05, 0.1) is 10.7 Å². The molecule has 1 heterocycles. The Kier molecular flexibility index (Phi) is 4.15. The van der Waals surface area contributed by atoms with E-state index in [0.29, 0.717) is 10.7 Å². The number of imide groups is 1. The number of hydrogen-bond donors (Lipinski definition) is 2. The maximum Gasteiger partial charge on any atom is 0.325 e. The fraction of sp³-hybridized carbons (Fsp3) is 0.400. The van der Waals surface area contributed by atoms with Crippen LogP contribution in [0, 0.1) is 13.8 Å². The van der Waals surface area contributed by atoms with Crippen molar-refractivity contribution in [3.63, 3.8) is 0 Å². The molecule has 1 aliphatic heterocycles. The molecule has 1 aromatic carbocycles. The Balaban J connectivity index is 2.12. The number of halogens is 1. The second kappa shape index (κ2) is 5.61. The molecule has 2 N–H and O–H groups in total. The van der Waals surface area contributed by atoms with Crippen LogP contribution in [0.2, 0.25) is 5.02 Å². The monoisotopic (exact) mass is 323 g/mol. The zero-order valence-electron chi connectivity index (χ0n) is 12.9. The third-order valence-electron chi connectivity index (χ3n) is 3.44. The molecule has 0 atom stereocenters. The molecule has 0 aromatic heterocycles. The summed E-state index contributed by atoms with van der Waals surface area (Å²) in [6, 6.07) is 3.05. The molecular weight excluding hydrogens is 306 g/mol. The van der Waals surface area contributed by atoms with Gasteiger partial charge in [-0.05, 0) is 44.9 Å². The molecule has 0 aliphatic carbocycles. The van der Waals surface area contributed by atoms with Crippen LogP contribution in [0.1, 0.15) is 25.0 Å². The average Bonchev–Trinajstić information content (AvgIpc) is 2.56. The standard InChI is InChI=1S/C15H18ClN3O3/c1-8-5-9(2)12(10(16)6-8)17-11(20)7-19-13(21)15(3,4)18-14(19)22/h5-6H,7H2,1-4H3,(H,17,20)(H,18,22). The van der Waals surface area contributed by atoms with Gasteiger partial charge in [0.1, 0.15) is 12.1 Å². The fourth-order valence-corrected chi connectivity index (χ4v) is 2.73. The van der Waals surface area contributed by atoms with Crippen molar-refractivity contribution in [2.24, 2.45) is 0 Å². The first-order valence-electron chi connectivity index (χ1n) is 6.82. The second-order valence-electron chi connectivity index (χ2n) is 5.93. The highest BCUT2D eigenvalue weighted by molar-refractivity contribution is 6.34. The van der Waals surface area contributed by atoms with Gasteiger partial charge >= 0.3 is 6.03 Å². The number of rotatable bonds is 3. The number of nitrogens with one attached hydrogen (secondary N) is 2. The Hall–Kier alpha value is -2.08. The van der Waals surface area contributed by atoms with E-state index in [4.69, 9.17) is 11.6 Å². The van der Waals surface area contributed by atoms with Gasteiger partial charge in [-0.2, -0.15) is 0 Å². The largest absolute Gasteiger partial charge is 0.325 e. The molecule has 0 spiro atoms. The van der Waals surface area contributed by atoms with Crippen molar-refractivity contribution < 1.29 is 14.4 Å². The van der Waals surface area contributed by atoms with Crippen molar-refractivity contribution in [1.29, 1.82) is 0 Å². The Morgan fingerprint density at radius 3 is 2.45 bits per heavy atom. The summed E-state index contributed by atoms with van der Waals surface area (Å²) in [7, 11) is 0. The van der Waals surface area contributed by atoms with Gasteiger partial charge in [-0.25, -0.2) is 4.79 Å². The second-order valence-corrected chi connectivity index (χ2v) is 6.34. The Morgan fingerprint density at radius 1 is 1.32 bits per heavy atom. The molecule has 4 amide bonds. The number of nitrogens with zero attached hydrogens (tertiary/aromatic N) is 1. The number of urea groups is 1. The van der Waals surface area contributed by atoms with Crippen LogP contribution in [-0.4, -0.2) is 34.8 Å². The first-order chi connectivity index (χ1) is 10.1. The number of benzene rings is 1. The molecule has 2 rings (SSSR count). The summed E-state index contributed by atoms with van der Waals surface area (Å²) in [5.74, 6) is -0.908. The molecule has 1 fully saturated rings. The van der Waals surface area contributed by atoms with E-state index < -0.39 is 23.4 Å². The van der Waals surface area contributed by atoms with Gasteiger partial charge in [0.15, 0.2) is 0 Å². The van der Waals surface area contributed by atoms with Gasteiger partial charge < -0.3 is 10.6 Å². The van der Waals surface area contributed by atoms with E-state index in [9.17, 15) is 14.4 Å². The van der Waals surface area contributed by atoms with E-state index in [0.717, 1.165) is 16.0 Å². The molecule has 0 unspecified atom stereocenters. The van der Waals surface area contributed by atoms with E-state index >= 15 is 0 Å². The lowest BCUT2D eigenvalue weighted by molar-refractivity contribution is -0.132. The van der Waals surface area contributed by atoms with E-state index in [1.807, 2.05) is 19.9 Å². The van der Waals surface area contributed by atoms with Gasteiger partial charge in [0.25, 0.3) is 5.91 Å². The van der Waals surface area contributed by atoms with E-state index in [-0.39, 0.29) is 6.54 Å². The number of hydrogen-bond acceptors (Lipinski definition) is 3. The lowest BCUT2D eigenvalue weighted by Gasteiger charge is -2.16. The van der Waals surface area contributed by atoms with Crippen LogP contribution < -0.4 is 10.6 Å². The van der Waals surface area contributed by atoms with Crippen LogP contribution in [0.4, 0.5) is 10.5 Å². The summed E-state index contributed by atoms with van der Waals surface area (Å²) in [5, 5.41) is 5.60. The molecule has 6 nitrogen and oxygen atoms in total. The lowest BCUT2D eigenvalue weighted by Crippen LogP contribution is -2.41. The van der Waals surface area contributed by atoms with E-state index in [1.165, 1.54) is 0 Å². The van der Waals surface area contributed by atoms with Crippen LogP contribution in [0.25, 0.3) is 0 Å². The highest BCUT2D eigenvalue weighted by Crippen LogP contribution is 2.27. The van der Waals surface area contributed by atoms with Crippen molar-refractivity contribution in [3.8, 4) is 0 Å². The first kappa shape index (κ1) is 16.3. The van der Waals surface area contributed by atoms with Crippen LogP contribution in [0.5, 0.6) is 0 Å². The van der Waals surface area contributed by atoms with Crippen molar-refractivity contribution in [2.45, 2.75) is 33.2 Å². The third-order valence-corrected chi connectivity index (χ3v) is 3.74. The van der Waals surface area contributed by atoms with Crippen molar-refractivity contribution in [2.75, 3.05) is 11.9 Å². The molecule has 1 aromatic rings. The maximum absolute atomic E-state index is 12.1. The number of carbonyl (C=O) groups is 3. The Morgan fingerprint density at radius 2 is 1.95 bits per heavy atom. The van der Waals surface area contributed by atoms with Gasteiger partial charge in [0.2, 0.25) is 5.91 Å². The van der Waals surface area contributed by atoms with Crippen molar-refractivity contribution in [1.82, 2.24) is 10.2 Å². The number of aryl methyl sites for hydroxylation is 2. The fourth-order valence-electron chi connectivity index (χ4n) is 2.36. The number of anilines is 1. The Bertz CT molecular complexity index is 647. The smallest absolute Gasteiger partial charge is 0.324 e. The van der Waals surface area contributed by atoms with Crippen LogP contribution in [0.15, 0.2) is 12.1 Å². The zero-order valence-corrected chi connectivity index (χ0v) is 13.7. The van der Waals surface area contributed by atoms with Crippen LogP contribution in [-0.2, 0) is 9.59 Å². The zero-order chi connectivity index (χ0) is 16.7. The summed E-state index contributed by atoms with van der Waals surface area (Å²) in [6.45, 7) is 6.56. The minimum Gasteiger partial charge on any atom is -0.324 e. The molecule has 1 aliphatic rings. The van der Waals surface area contributed by atoms with Crippen molar-refractivity contribution in [3.05, 3.63) is 28.3 Å². The Labute approximate surface area is 133 Å². The topological polar surface area (TPSA) is 78.5 Å². The highest BCUT2D eigenvalue weighted by atomic mass is 35.5. The molecule has 0 bridgehead atoms. The lowest BCUT2D eigenvalue weighted by atomic mass is 10.1. The number of carbonyl (C=O) groups excluding carboxylic acids is 3. The third kappa shape index (κ3) is 3.06. The summed E-state index contributed by atoms with van der Waals surface area (Å²) in [6.07, 6.45) is 0. The summed E-state index contributed by atoms with van der Waals surface area (Å²) < 4.78 is 0. The van der Waals surface area contributed by atoms with Crippen molar-refractivity contribution >= 4 is 35.1 Å². The first-order valence-corrected chi connectivity index (χ1v) is 7.20. The van der Waals surface area contributed by atoms with E-state index in [2.05, 4.69) is 10.6 Å². The predicted octanol–water partition coefficient (Wildman–Crippen LogP) is 2.23. The minimum atomic E-state index is -0.991. The van der Waals surface area contributed by atoms with Gasteiger partial charge in [-0.15, -0.1) is 0 Å². The van der Waals surface area contributed by atoms with Crippen LogP contribution in [0.3, 0.4) is 0 Å². The molecule has 0 radical (unpaired) electrons. The molecule has 118 valence electrons. The number of amides is 4. The average molecular weight is 324 g/mol. The molecule has 0 saturated carbocycles. The molecule has 1 saturated heterocycles. The van der Waals surface area contributed by atoms with Gasteiger partial charge in [0, 0.05) is 0 Å². The highest BCUT2D eigenvalue weighted by Gasteiger charge is 2.44. The quantitative estimate of drug-likeness (QED) is 0.837. The maximum atomic E-state index is 12.1. The van der Waals surface area contributed by atoms with Gasteiger partial charge in [-0.1, -0.05) is 17.7 Å². The SMILES string of the molecule is Cc1cc(C)c(NC(=O)CN2C(=O)NC(C)(C)C2=O)c(Cl)c1. The minimum absolute atomic E-state index is 0.349. The summed E-state index contributed by atoms with van der Waals surface area (Å²) >= 11 is 6.12. The molecule has 7 heteroatoms. The normalized spacial score (nSPS) is 16.7. The summed E-state index contributed by atoms with van der Waals surface area (Å²) in [5.41, 5.74) is 1.30.